The Hall–Kier alpha value is -2.97. The summed E-state index contributed by atoms with van der Waals surface area (Å²) < 4.78 is 7.95. The van der Waals surface area contributed by atoms with Gasteiger partial charge < -0.3 is 15.2 Å². The maximum atomic E-state index is 12.1. The van der Waals surface area contributed by atoms with E-state index in [0.717, 1.165) is 67.2 Å². The first-order chi connectivity index (χ1) is 16.6. The average molecular weight is 464 g/mol. The van der Waals surface area contributed by atoms with Gasteiger partial charge in [-0.3, -0.25) is 14.1 Å². The number of aliphatic carboxylic acids is 1. The number of hydrogen-bond donors (Lipinski definition) is 2. The predicted molar refractivity (Wildman–Crippen MR) is 130 cm³/mol. The van der Waals surface area contributed by atoms with Gasteiger partial charge in [0.05, 0.1) is 23.5 Å². The van der Waals surface area contributed by atoms with Gasteiger partial charge in [0.2, 0.25) is 0 Å². The molecule has 2 N–H and O–H groups in total. The number of pyridine rings is 2. The van der Waals surface area contributed by atoms with Crippen LogP contribution in [0.15, 0.2) is 36.5 Å². The molecular formula is C26H33N5O3. The molecule has 0 aromatic carbocycles. The van der Waals surface area contributed by atoms with E-state index in [1.165, 1.54) is 12.0 Å². The molecule has 1 unspecified atom stereocenters. The van der Waals surface area contributed by atoms with Crippen molar-refractivity contribution < 1.29 is 14.6 Å². The van der Waals surface area contributed by atoms with Gasteiger partial charge in [-0.1, -0.05) is 18.6 Å². The minimum absolute atomic E-state index is 0.0957. The minimum atomic E-state index is -0.843. The van der Waals surface area contributed by atoms with Gasteiger partial charge in [-0.15, -0.1) is 0 Å². The van der Waals surface area contributed by atoms with Crippen LogP contribution in [-0.2, 0) is 22.4 Å². The number of hydrogen-bond acceptors (Lipinski definition) is 6. The fraction of sp³-hybridized carbons (Fsp3) is 0.500. The first kappa shape index (κ1) is 22.8. The van der Waals surface area contributed by atoms with E-state index in [4.69, 9.17) is 9.72 Å². The van der Waals surface area contributed by atoms with Crippen molar-refractivity contribution in [2.75, 3.05) is 31.6 Å². The number of ether oxygens (including phenoxy) is 1. The number of anilines is 1. The molecule has 3 aromatic heterocycles. The highest BCUT2D eigenvalue weighted by molar-refractivity contribution is 5.75. The number of rotatable bonds is 10. The molecule has 0 amide bonds. The molecule has 1 atom stereocenters. The Balaban J connectivity index is 1.05. The van der Waals surface area contributed by atoms with Crippen molar-refractivity contribution >= 4 is 17.3 Å². The van der Waals surface area contributed by atoms with E-state index in [0.29, 0.717) is 19.7 Å². The van der Waals surface area contributed by atoms with E-state index >= 15 is 0 Å². The molecule has 2 aliphatic heterocycles. The van der Waals surface area contributed by atoms with Crippen molar-refractivity contribution in [3.8, 4) is 0 Å². The maximum absolute atomic E-state index is 12.1. The van der Waals surface area contributed by atoms with Gasteiger partial charge in [0, 0.05) is 31.9 Å². The molecule has 0 bridgehead atoms. The summed E-state index contributed by atoms with van der Waals surface area (Å²) in [6, 6.07) is 9.40. The van der Waals surface area contributed by atoms with Crippen LogP contribution in [0.5, 0.6) is 0 Å². The molecule has 2 aliphatic rings. The summed E-state index contributed by atoms with van der Waals surface area (Å²) in [7, 11) is 0. The Morgan fingerprint density at radius 3 is 2.97 bits per heavy atom. The van der Waals surface area contributed by atoms with Gasteiger partial charge in [0.15, 0.2) is 0 Å². The zero-order valence-electron chi connectivity index (χ0n) is 19.7. The Kier molecular flexibility index (Phi) is 6.78. The first-order valence-electron chi connectivity index (χ1n) is 12.3. The summed E-state index contributed by atoms with van der Waals surface area (Å²) >= 11 is 0. The van der Waals surface area contributed by atoms with Crippen molar-refractivity contribution in [1.29, 1.82) is 0 Å². The fourth-order valence-corrected chi connectivity index (χ4v) is 5.05. The molecule has 0 spiro atoms. The number of nitrogens with zero attached hydrogens (tertiary/aromatic N) is 4. The standard InChI is InChI=1S/C26H33N5O3/c1-18-28-15-21-9-5-10-23(31(18)21)24(26(32)33)30-16-22(17-30)34-14-4-2-3-8-20-12-11-19-7-6-13-27-25(19)29-20/h5,9-12,15,22,24H,2-4,6-8,13-14,16-17H2,1H3,(H,27,29)(H,32,33). The number of carbonyl (C=O) groups is 1. The molecule has 3 aromatic rings. The topological polar surface area (TPSA) is 92.0 Å². The summed E-state index contributed by atoms with van der Waals surface area (Å²) in [6.07, 6.45) is 8.38. The second-order valence-electron chi connectivity index (χ2n) is 9.36. The molecule has 180 valence electrons. The molecule has 0 radical (unpaired) electrons. The highest BCUT2D eigenvalue weighted by Gasteiger charge is 2.38. The van der Waals surface area contributed by atoms with E-state index in [2.05, 4.69) is 22.4 Å². The molecule has 1 saturated heterocycles. The molecule has 0 aliphatic carbocycles. The fourth-order valence-electron chi connectivity index (χ4n) is 5.05. The Labute approximate surface area is 200 Å². The zero-order valence-corrected chi connectivity index (χ0v) is 19.7. The summed E-state index contributed by atoms with van der Waals surface area (Å²) in [4.78, 5) is 23.2. The van der Waals surface area contributed by atoms with Gasteiger partial charge in [0.1, 0.15) is 17.7 Å². The van der Waals surface area contributed by atoms with Crippen molar-refractivity contribution in [3.63, 3.8) is 0 Å². The van der Waals surface area contributed by atoms with Crippen LogP contribution >= 0.6 is 0 Å². The van der Waals surface area contributed by atoms with Crippen molar-refractivity contribution in [1.82, 2.24) is 19.3 Å². The molecular weight excluding hydrogens is 430 g/mol. The van der Waals surface area contributed by atoms with Gasteiger partial charge >= 0.3 is 5.97 Å². The lowest BCUT2D eigenvalue weighted by Gasteiger charge is -2.42. The lowest BCUT2D eigenvalue weighted by atomic mass is 10.0. The van der Waals surface area contributed by atoms with E-state index in [1.54, 1.807) is 6.20 Å². The summed E-state index contributed by atoms with van der Waals surface area (Å²) in [5.41, 5.74) is 4.15. The number of aryl methyl sites for hydroxylation is 3. The van der Waals surface area contributed by atoms with E-state index in [1.807, 2.05) is 34.4 Å². The second-order valence-corrected chi connectivity index (χ2v) is 9.36. The van der Waals surface area contributed by atoms with E-state index < -0.39 is 12.0 Å². The average Bonchev–Trinajstić information content (AvgIpc) is 3.20. The van der Waals surface area contributed by atoms with Crippen LogP contribution in [0, 0.1) is 6.92 Å². The zero-order chi connectivity index (χ0) is 23.5. The third kappa shape index (κ3) is 4.79. The Morgan fingerprint density at radius 1 is 1.24 bits per heavy atom. The highest BCUT2D eigenvalue weighted by Crippen LogP contribution is 2.29. The Morgan fingerprint density at radius 2 is 2.12 bits per heavy atom. The molecule has 0 saturated carbocycles. The molecule has 1 fully saturated rings. The van der Waals surface area contributed by atoms with Crippen LogP contribution in [0.4, 0.5) is 5.82 Å². The maximum Gasteiger partial charge on any atom is 0.327 e. The van der Waals surface area contributed by atoms with Crippen LogP contribution in [-0.4, -0.2) is 62.7 Å². The number of nitrogens with one attached hydrogen (secondary N) is 1. The number of likely N-dealkylation sites (tertiary alicyclic amines) is 1. The molecule has 34 heavy (non-hydrogen) atoms. The number of carboxylic acids is 1. The van der Waals surface area contributed by atoms with Gasteiger partial charge in [-0.25, -0.2) is 9.97 Å². The smallest absolute Gasteiger partial charge is 0.327 e. The van der Waals surface area contributed by atoms with Crippen LogP contribution in [0.3, 0.4) is 0 Å². The number of fused-ring (bicyclic) bond motifs is 2. The van der Waals surface area contributed by atoms with Crippen LogP contribution < -0.4 is 5.32 Å². The summed E-state index contributed by atoms with van der Waals surface area (Å²) in [6.45, 7) is 4.90. The highest BCUT2D eigenvalue weighted by atomic mass is 16.5. The van der Waals surface area contributed by atoms with Crippen molar-refractivity contribution in [2.45, 2.75) is 57.6 Å². The van der Waals surface area contributed by atoms with Crippen molar-refractivity contribution in [2.24, 2.45) is 0 Å². The number of imidazole rings is 1. The molecule has 5 heterocycles. The third-order valence-electron chi connectivity index (χ3n) is 6.90. The van der Waals surface area contributed by atoms with Gasteiger partial charge in [-0.2, -0.15) is 0 Å². The summed E-state index contributed by atoms with van der Waals surface area (Å²) in [5, 5.41) is 13.3. The quantitative estimate of drug-likeness (QED) is 0.444. The molecule has 5 rings (SSSR count). The molecule has 8 nitrogen and oxygen atoms in total. The first-order valence-corrected chi connectivity index (χ1v) is 12.3. The number of unbranched alkanes of at least 4 members (excludes halogenated alkanes) is 2. The lowest BCUT2D eigenvalue weighted by Crippen LogP contribution is -2.55. The summed E-state index contributed by atoms with van der Waals surface area (Å²) in [5.74, 6) is 1.03. The molecule has 8 heteroatoms. The van der Waals surface area contributed by atoms with Crippen LogP contribution in [0.1, 0.15) is 54.5 Å². The van der Waals surface area contributed by atoms with E-state index in [-0.39, 0.29) is 6.10 Å². The van der Waals surface area contributed by atoms with Crippen LogP contribution in [0.25, 0.3) is 5.52 Å². The third-order valence-corrected chi connectivity index (χ3v) is 6.90. The van der Waals surface area contributed by atoms with E-state index in [9.17, 15) is 9.90 Å². The predicted octanol–water partition coefficient (Wildman–Crippen LogP) is 3.64. The number of carboxylic acid groups (broad SMARTS) is 1. The Bertz CT molecular complexity index is 1150. The normalized spacial score (nSPS) is 17.2. The van der Waals surface area contributed by atoms with Gasteiger partial charge in [0.25, 0.3) is 0 Å². The minimum Gasteiger partial charge on any atom is -0.480 e. The van der Waals surface area contributed by atoms with Gasteiger partial charge in [-0.05, 0) is 62.8 Å². The largest absolute Gasteiger partial charge is 0.480 e. The van der Waals surface area contributed by atoms with Crippen molar-refractivity contribution in [3.05, 3.63) is 59.3 Å². The monoisotopic (exact) mass is 463 g/mol. The lowest BCUT2D eigenvalue weighted by molar-refractivity contribution is -0.151. The second kappa shape index (κ2) is 10.1. The number of aromatic nitrogens is 3. The van der Waals surface area contributed by atoms with Crippen LogP contribution in [0.2, 0.25) is 0 Å². The SMILES string of the molecule is Cc1ncc2cccc(C(C(=O)O)N3CC(OCCCCCc4ccc5c(n4)NCCC5)C3)n12.